The Bertz CT molecular complexity index is 576. The summed E-state index contributed by atoms with van der Waals surface area (Å²) in [4.78, 5) is 23.4. The van der Waals surface area contributed by atoms with Crippen molar-refractivity contribution < 1.29 is 5.11 Å². The molecule has 20 heavy (non-hydrogen) atoms. The number of nitrogens with one attached hydrogen (secondary N) is 1. The van der Waals surface area contributed by atoms with E-state index in [1.54, 1.807) is 7.05 Å². The number of nitrogens with zero attached hydrogens (tertiary/aromatic N) is 2. The average molecular weight is 281 g/mol. The number of aliphatic hydroxyl groups excluding tert-OH is 1. The van der Waals surface area contributed by atoms with E-state index in [9.17, 15) is 14.7 Å². The van der Waals surface area contributed by atoms with E-state index in [2.05, 4.69) is 5.32 Å². The molecule has 1 saturated carbocycles. The second-order valence-electron chi connectivity index (χ2n) is 5.64. The number of aromatic nitrogens is 2. The molecule has 0 aromatic carbocycles. The first-order valence-electron chi connectivity index (χ1n) is 7.12. The third kappa shape index (κ3) is 3.02. The minimum atomic E-state index is -0.302. The quantitative estimate of drug-likeness (QED) is 0.769. The summed E-state index contributed by atoms with van der Waals surface area (Å²) in [5.41, 5.74) is 0.110. The highest BCUT2D eigenvalue weighted by molar-refractivity contribution is 5.01. The van der Waals surface area contributed by atoms with E-state index in [-0.39, 0.29) is 17.9 Å². The zero-order chi connectivity index (χ0) is 14.7. The highest BCUT2D eigenvalue weighted by Gasteiger charge is 2.25. The smallest absolute Gasteiger partial charge is 0.330 e. The highest BCUT2D eigenvalue weighted by Crippen LogP contribution is 2.30. The number of hydrogen-bond acceptors (Lipinski definition) is 4. The minimum absolute atomic E-state index is 0.247. The highest BCUT2D eigenvalue weighted by atomic mass is 16.3. The minimum Gasteiger partial charge on any atom is -0.396 e. The summed E-state index contributed by atoms with van der Waals surface area (Å²) < 4.78 is 2.59. The summed E-state index contributed by atoms with van der Waals surface area (Å²) >= 11 is 0. The van der Waals surface area contributed by atoms with Crippen LogP contribution in [-0.2, 0) is 20.6 Å². The molecular weight excluding hydrogens is 258 g/mol. The van der Waals surface area contributed by atoms with Crippen LogP contribution < -0.4 is 16.6 Å². The second-order valence-corrected chi connectivity index (χ2v) is 5.64. The lowest BCUT2D eigenvalue weighted by atomic mass is 9.97. The summed E-state index contributed by atoms with van der Waals surface area (Å²) in [6, 6.07) is 1.49. The van der Waals surface area contributed by atoms with Crippen LogP contribution in [0.4, 0.5) is 0 Å². The maximum absolute atomic E-state index is 11.8. The van der Waals surface area contributed by atoms with E-state index in [1.807, 2.05) is 0 Å². The van der Waals surface area contributed by atoms with Crippen molar-refractivity contribution in [1.29, 1.82) is 0 Å². The summed E-state index contributed by atoms with van der Waals surface area (Å²) in [6.07, 6.45) is 3.39. The average Bonchev–Trinajstić information content (AvgIpc) is 2.89. The lowest BCUT2D eigenvalue weighted by Gasteiger charge is -2.18. The SMILES string of the molecule is Cn1c(CNCC2CCCC2CO)cc(=O)n(C)c1=O. The van der Waals surface area contributed by atoms with Gasteiger partial charge in [-0.05, 0) is 31.2 Å². The molecule has 2 rings (SSSR count). The van der Waals surface area contributed by atoms with Gasteiger partial charge in [-0.3, -0.25) is 13.9 Å². The number of aliphatic hydroxyl groups is 1. The summed E-state index contributed by atoms with van der Waals surface area (Å²) in [5.74, 6) is 0.874. The molecule has 2 unspecified atom stereocenters. The zero-order valence-electron chi connectivity index (χ0n) is 12.1. The Hall–Kier alpha value is -1.40. The summed E-state index contributed by atoms with van der Waals surface area (Å²) in [6.45, 7) is 1.56. The fourth-order valence-electron chi connectivity index (χ4n) is 2.96. The van der Waals surface area contributed by atoms with Crippen molar-refractivity contribution in [3.8, 4) is 0 Å². The fourth-order valence-corrected chi connectivity index (χ4v) is 2.96. The largest absolute Gasteiger partial charge is 0.396 e. The molecule has 0 saturated heterocycles. The van der Waals surface area contributed by atoms with Crippen molar-refractivity contribution in [2.45, 2.75) is 25.8 Å². The van der Waals surface area contributed by atoms with E-state index < -0.39 is 0 Å². The van der Waals surface area contributed by atoms with Gasteiger partial charge >= 0.3 is 5.69 Å². The zero-order valence-corrected chi connectivity index (χ0v) is 12.1. The third-order valence-electron chi connectivity index (χ3n) is 4.39. The van der Waals surface area contributed by atoms with Gasteiger partial charge in [-0.15, -0.1) is 0 Å². The monoisotopic (exact) mass is 281 g/mol. The van der Waals surface area contributed by atoms with Crippen molar-refractivity contribution >= 4 is 0 Å². The molecule has 1 fully saturated rings. The predicted molar refractivity (Wildman–Crippen MR) is 76.5 cm³/mol. The molecule has 0 spiro atoms. The molecule has 1 aromatic heterocycles. The van der Waals surface area contributed by atoms with Crippen LogP contribution in [0.2, 0.25) is 0 Å². The number of hydrogen-bond donors (Lipinski definition) is 2. The molecule has 0 bridgehead atoms. The lowest BCUT2D eigenvalue weighted by Crippen LogP contribution is -2.39. The van der Waals surface area contributed by atoms with E-state index in [0.29, 0.717) is 24.1 Å². The van der Waals surface area contributed by atoms with Crippen LogP contribution in [0.5, 0.6) is 0 Å². The van der Waals surface area contributed by atoms with Crippen LogP contribution in [0, 0.1) is 11.8 Å². The van der Waals surface area contributed by atoms with Crippen LogP contribution in [-0.4, -0.2) is 27.4 Å². The molecule has 2 atom stereocenters. The molecule has 6 nitrogen and oxygen atoms in total. The van der Waals surface area contributed by atoms with Crippen LogP contribution in [0.15, 0.2) is 15.7 Å². The van der Waals surface area contributed by atoms with Crippen LogP contribution in [0.3, 0.4) is 0 Å². The van der Waals surface area contributed by atoms with E-state index in [4.69, 9.17) is 0 Å². The number of rotatable bonds is 5. The van der Waals surface area contributed by atoms with Gasteiger partial charge in [0.2, 0.25) is 0 Å². The van der Waals surface area contributed by atoms with Crippen LogP contribution in [0.1, 0.15) is 25.0 Å². The Morgan fingerprint density at radius 3 is 2.65 bits per heavy atom. The fraction of sp³-hybridized carbons (Fsp3) is 0.714. The van der Waals surface area contributed by atoms with Gasteiger partial charge in [0.05, 0.1) is 0 Å². The van der Waals surface area contributed by atoms with Crippen molar-refractivity contribution in [2.24, 2.45) is 25.9 Å². The van der Waals surface area contributed by atoms with Crippen molar-refractivity contribution in [3.05, 3.63) is 32.6 Å². The Morgan fingerprint density at radius 1 is 1.25 bits per heavy atom. The normalized spacial score (nSPS) is 22.4. The molecule has 0 aliphatic heterocycles. The first-order valence-corrected chi connectivity index (χ1v) is 7.12. The van der Waals surface area contributed by atoms with Gasteiger partial charge < -0.3 is 10.4 Å². The molecule has 2 N–H and O–H groups in total. The van der Waals surface area contributed by atoms with Crippen LogP contribution in [0.25, 0.3) is 0 Å². The van der Waals surface area contributed by atoms with Crippen molar-refractivity contribution in [2.75, 3.05) is 13.2 Å². The molecule has 1 aromatic rings. The van der Waals surface area contributed by atoms with Gasteiger partial charge in [0.25, 0.3) is 5.56 Å². The molecule has 1 aliphatic carbocycles. The molecule has 1 heterocycles. The molecule has 1 aliphatic rings. The summed E-state index contributed by atoms with van der Waals surface area (Å²) in [5, 5.41) is 12.6. The topological polar surface area (TPSA) is 76.3 Å². The van der Waals surface area contributed by atoms with Gasteiger partial charge in [-0.2, -0.15) is 0 Å². The van der Waals surface area contributed by atoms with E-state index >= 15 is 0 Å². The van der Waals surface area contributed by atoms with E-state index in [0.717, 1.165) is 24.0 Å². The predicted octanol–water partition coefficient (Wildman–Crippen LogP) is -0.418. The van der Waals surface area contributed by atoms with Gasteiger partial charge in [0.15, 0.2) is 0 Å². The van der Waals surface area contributed by atoms with Gasteiger partial charge in [0.1, 0.15) is 0 Å². The lowest BCUT2D eigenvalue weighted by molar-refractivity contribution is 0.192. The van der Waals surface area contributed by atoms with E-state index in [1.165, 1.54) is 24.1 Å². The van der Waals surface area contributed by atoms with Gasteiger partial charge in [0, 0.05) is 39.0 Å². The first kappa shape index (κ1) is 15.0. The van der Waals surface area contributed by atoms with Gasteiger partial charge in [-0.25, -0.2) is 4.79 Å². The first-order chi connectivity index (χ1) is 9.54. The second kappa shape index (κ2) is 6.37. The Balaban J connectivity index is 1.98. The maximum Gasteiger partial charge on any atom is 0.330 e. The summed E-state index contributed by atoms with van der Waals surface area (Å²) in [7, 11) is 3.15. The van der Waals surface area contributed by atoms with Crippen molar-refractivity contribution in [1.82, 2.24) is 14.5 Å². The Labute approximate surface area is 118 Å². The standard InChI is InChI=1S/C14H23N3O3/c1-16-12(6-13(19)17(2)14(16)20)8-15-7-10-4-3-5-11(10)9-18/h6,10-11,15,18H,3-5,7-9H2,1-2H3. The molecule has 6 heteroatoms. The molecule has 0 radical (unpaired) electrons. The van der Waals surface area contributed by atoms with Crippen LogP contribution >= 0.6 is 0 Å². The Morgan fingerprint density at radius 2 is 1.95 bits per heavy atom. The molecule has 0 amide bonds. The molecular formula is C14H23N3O3. The maximum atomic E-state index is 11.8. The van der Waals surface area contributed by atoms with Gasteiger partial charge in [-0.1, -0.05) is 6.42 Å². The van der Waals surface area contributed by atoms with Crippen molar-refractivity contribution in [3.63, 3.8) is 0 Å². The third-order valence-corrected chi connectivity index (χ3v) is 4.39. The Kier molecular flexibility index (Phi) is 4.77. The molecule has 112 valence electrons.